The van der Waals surface area contributed by atoms with E-state index in [1.165, 1.54) is 19.1 Å². The molecule has 0 aliphatic heterocycles. The first kappa shape index (κ1) is 15.3. The number of aliphatic carboxylic acids is 1. The van der Waals surface area contributed by atoms with E-state index in [4.69, 9.17) is 22.4 Å². The van der Waals surface area contributed by atoms with Gasteiger partial charge in [0.15, 0.2) is 0 Å². The zero-order valence-electron chi connectivity index (χ0n) is 11.3. The molecule has 4 N–H and O–H groups in total. The highest BCUT2D eigenvalue weighted by atomic mass is 35.5. The minimum absolute atomic E-state index is 0.203. The van der Waals surface area contributed by atoms with Gasteiger partial charge in [-0.05, 0) is 25.1 Å². The van der Waals surface area contributed by atoms with Crippen molar-refractivity contribution in [2.24, 2.45) is 0 Å². The molecular formula is C15H15ClN2O3. The zero-order chi connectivity index (χ0) is 15.6. The molecule has 2 aromatic rings. The second-order valence-electron chi connectivity index (χ2n) is 4.69. The number of hydrogen-bond acceptors (Lipinski definition) is 4. The summed E-state index contributed by atoms with van der Waals surface area (Å²) < 4.78 is 0. The molecule has 2 unspecified atom stereocenters. The number of nitrogens with zero attached hydrogens (tertiary/aromatic N) is 1. The van der Waals surface area contributed by atoms with Gasteiger partial charge in [0.05, 0.1) is 23.0 Å². The maximum atomic E-state index is 11.0. The van der Waals surface area contributed by atoms with E-state index in [0.29, 0.717) is 16.3 Å². The quantitative estimate of drug-likeness (QED) is 0.806. The summed E-state index contributed by atoms with van der Waals surface area (Å²) in [6.45, 7) is 1.52. The lowest BCUT2D eigenvalue weighted by Gasteiger charge is -2.16. The zero-order valence-corrected chi connectivity index (χ0v) is 12.1. The van der Waals surface area contributed by atoms with Crippen LogP contribution in [0.2, 0.25) is 5.02 Å². The van der Waals surface area contributed by atoms with E-state index >= 15 is 0 Å². The molecule has 1 heterocycles. The number of aliphatic hydroxyl groups is 1. The maximum absolute atomic E-state index is 11.0. The second-order valence-corrected chi connectivity index (χ2v) is 5.10. The van der Waals surface area contributed by atoms with Gasteiger partial charge in [0.25, 0.3) is 0 Å². The van der Waals surface area contributed by atoms with E-state index < -0.39 is 18.0 Å². The summed E-state index contributed by atoms with van der Waals surface area (Å²) >= 11 is 6.05. The van der Waals surface area contributed by atoms with Gasteiger partial charge in [-0.2, -0.15) is 0 Å². The Morgan fingerprint density at radius 1 is 1.29 bits per heavy atom. The Morgan fingerprint density at radius 3 is 2.57 bits per heavy atom. The molecule has 1 aromatic carbocycles. The summed E-state index contributed by atoms with van der Waals surface area (Å²) in [4.78, 5) is 15.2. The molecule has 2 atom stereocenters. The first-order valence-corrected chi connectivity index (χ1v) is 6.71. The van der Waals surface area contributed by atoms with Crippen molar-refractivity contribution in [1.29, 1.82) is 0 Å². The lowest BCUT2D eigenvalue weighted by molar-refractivity contribution is -0.138. The molecule has 110 valence electrons. The molecule has 5 nitrogen and oxygen atoms in total. The van der Waals surface area contributed by atoms with Gasteiger partial charge in [-0.3, -0.25) is 9.78 Å². The van der Waals surface area contributed by atoms with Crippen molar-refractivity contribution in [3.05, 3.63) is 58.4 Å². The fraction of sp³-hybridized carbons (Fsp3) is 0.200. The number of pyridine rings is 1. The fourth-order valence-corrected chi connectivity index (χ4v) is 2.17. The molecule has 21 heavy (non-hydrogen) atoms. The van der Waals surface area contributed by atoms with Crippen molar-refractivity contribution in [1.82, 2.24) is 4.98 Å². The van der Waals surface area contributed by atoms with Gasteiger partial charge in [0.1, 0.15) is 6.10 Å². The summed E-state index contributed by atoms with van der Waals surface area (Å²) in [5.41, 5.74) is 7.13. The molecule has 0 aliphatic carbocycles. The Labute approximate surface area is 127 Å². The van der Waals surface area contributed by atoms with E-state index in [2.05, 4.69) is 4.98 Å². The molecular weight excluding hydrogens is 292 g/mol. The normalized spacial score (nSPS) is 13.7. The fourth-order valence-electron chi connectivity index (χ4n) is 1.93. The van der Waals surface area contributed by atoms with Crippen LogP contribution in [0.15, 0.2) is 36.4 Å². The van der Waals surface area contributed by atoms with Gasteiger partial charge in [0, 0.05) is 10.6 Å². The van der Waals surface area contributed by atoms with Gasteiger partial charge in [-0.25, -0.2) is 0 Å². The third-order valence-electron chi connectivity index (χ3n) is 3.25. The number of carbonyl (C=O) groups is 1. The summed E-state index contributed by atoms with van der Waals surface area (Å²) in [7, 11) is 0. The summed E-state index contributed by atoms with van der Waals surface area (Å²) in [5, 5.41) is 19.9. The van der Waals surface area contributed by atoms with E-state index in [1.54, 1.807) is 24.3 Å². The number of nitrogens with two attached hydrogens (primary N) is 1. The van der Waals surface area contributed by atoms with Crippen LogP contribution >= 0.6 is 11.6 Å². The molecule has 0 saturated carbocycles. The third kappa shape index (κ3) is 3.15. The van der Waals surface area contributed by atoms with Gasteiger partial charge in [-0.1, -0.05) is 29.8 Å². The monoisotopic (exact) mass is 306 g/mol. The average Bonchev–Trinajstić information content (AvgIpc) is 2.46. The van der Waals surface area contributed by atoms with Crippen molar-refractivity contribution < 1.29 is 15.0 Å². The molecule has 0 spiro atoms. The number of aliphatic hydroxyl groups excluding tert-OH is 1. The lowest BCUT2D eigenvalue weighted by Crippen LogP contribution is -2.13. The van der Waals surface area contributed by atoms with Gasteiger partial charge in [0.2, 0.25) is 0 Å². The van der Waals surface area contributed by atoms with Crippen molar-refractivity contribution in [3.8, 4) is 0 Å². The molecule has 0 bridgehead atoms. The van der Waals surface area contributed by atoms with Crippen LogP contribution < -0.4 is 5.73 Å². The van der Waals surface area contributed by atoms with E-state index in [-0.39, 0.29) is 11.4 Å². The first-order valence-electron chi connectivity index (χ1n) is 6.33. The highest BCUT2D eigenvalue weighted by Crippen LogP contribution is 2.30. The lowest BCUT2D eigenvalue weighted by atomic mass is 10.0. The number of carboxylic acid groups (broad SMARTS) is 1. The predicted octanol–water partition coefficient (Wildman–Crippen LogP) is 2.59. The van der Waals surface area contributed by atoms with E-state index in [1.807, 2.05) is 0 Å². The maximum Gasteiger partial charge on any atom is 0.312 e. The van der Waals surface area contributed by atoms with Crippen LogP contribution in [0.3, 0.4) is 0 Å². The highest BCUT2D eigenvalue weighted by Gasteiger charge is 2.21. The van der Waals surface area contributed by atoms with Gasteiger partial charge < -0.3 is 15.9 Å². The minimum Gasteiger partial charge on any atom is -0.481 e. The molecule has 0 amide bonds. The van der Waals surface area contributed by atoms with Crippen LogP contribution in [0.1, 0.15) is 35.9 Å². The van der Waals surface area contributed by atoms with Gasteiger partial charge >= 0.3 is 5.97 Å². The molecule has 0 aliphatic rings. The molecule has 2 rings (SSSR count). The predicted molar refractivity (Wildman–Crippen MR) is 80.2 cm³/mol. The minimum atomic E-state index is -1.11. The first-order chi connectivity index (χ1) is 9.91. The number of carboxylic acids is 1. The smallest absolute Gasteiger partial charge is 0.312 e. The van der Waals surface area contributed by atoms with Crippen LogP contribution in [0.25, 0.3) is 0 Å². The molecule has 0 radical (unpaired) electrons. The van der Waals surface area contributed by atoms with Crippen LogP contribution in [-0.4, -0.2) is 21.2 Å². The summed E-state index contributed by atoms with van der Waals surface area (Å²) in [5.74, 6) is -1.78. The van der Waals surface area contributed by atoms with Crippen LogP contribution in [0.5, 0.6) is 0 Å². The number of halogens is 1. The number of nitrogen functional groups attached to an aromatic ring is 1. The highest BCUT2D eigenvalue weighted by molar-refractivity contribution is 6.31. The van der Waals surface area contributed by atoms with Crippen molar-refractivity contribution >= 4 is 23.3 Å². The van der Waals surface area contributed by atoms with Crippen molar-refractivity contribution in [2.75, 3.05) is 5.73 Å². The van der Waals surface area contributed by atoms with E-state index in [9.17, 15) is 9.90 Å². The SMILES string of the molecule is CC(C(=O)O)c1ccc(N)c(C(O)c2ccccc2Cl)n1. The number of hydrogen-bond donors (Lipinski definition) is 3. The van der Waals surface area contributed by atoms with Crippen LogP contribution in [-0.2, 0) is 4.79 Å². The Hall–Kier alpha value is -2.11. The Kier molecular flexibility index (Phi) is 4.45. The Morgan fingerprint density at radius 2 is 1.95 bits per heavy atom. The molecule has 6 heteroatoms. The largest absolute Gasteiger partial charge is 0.481 e. The third-order valence-corrected chi connectivity index (χ3v) is 3.60. The molecule has 1 aromatic heterocycles. The van der Waals surface area contributed by atoms with Gasteiger partial charge in [-0.15, -0.1) is 0 Å². The van der Waals surface area contributed by atoms with E-state index in [0.717, 1.165) is 0 Å². The number of anilines is 1. The average molecular weight is 307 g/mol. The molecule has 0 fully saturated rings. The number of benzene rings is 1. The number of rotatable bonds is 4. The Balaban J connectivity index is 2.46. The van der Waals surface area contributed by atoms with Crippen LogP contribution in [0.4, 0.5) is 5.69 Å². The topological polar surface area (TPSA) is 96.4 Å². The summed E-state index contributed by atoms with van der Waals surface area (Å²) in [6.07, 6.45) is -1.11. The standard InChI is InChI=1S/C15H15ClN2O3/c1-8(15(20)21)12-7-6-11(17)13(18-12)14(19)9-4-2-3-5-10(9)16/h2-8,14,19H,17H2,1H3,(H,20,21). The molecule has 0 saturated heterocycles. The van der Waals surface area contributed by atoms with Crippen molar-refractivity contribution in [2.45, 2.75) is 18.9 Å². The Bertz CT molecular complexity index is 676. The van der Waals surface area contributed by atoms with Crippen LogP contribution in [0, 0.1) is 0 Å². The number of aromatic nitrogens is 1. The second kappa shape index (κ2) is 6.11. The van der Waals surface area contributed by atoms with Crippen molar-refractivity contribution in [3.63, 3.8) is 0 Å². The summed E-state index contributed by atoms with van der Waals surface area (Å²) in [6, 6.07) is 9.89.